The van der Waals surface area contributed by atoms with E-state index in [1.54, 1.807) is 36.9 Å². The highest BCUT2D eigenvalue weighted by Gasteiger charge is 2.22. The fourth-order valence-electron chi connectivity index (χ4n) is 3.08. The van der Waals surface area contributed by atoms with E-state index in [1.807, 2.05) is 37.3 Å². The van der Waals surface area contributed by atoms with Gasteiger partial charge in [-0.3, -0.25) is 9.97 Å². The maximum absolute atomic E-state index is 10.9. The Hall–Kier alpha value is -3.18. The molecule has 4 rings (SSSR count). The SMILES string of the molecule is Cc1ccnc(NC(c2cccnc2)c2cc(Cl)c3cccnc3c2O)c1. The second-order valence-corrected chi connectivity index (χ2v) is 6.69. The minimum atomic E-state index is -0.392. The molecule has 27 heavy (non-hydrogen) atoms. The molecule has 3 aromatic heterocycles. The van der Waals surface area contributed by atoms with E-state index >= 15 is 0 Å². The first-order chi connectivity index (χ1) is 13.1. The van der Waals surface area contributed by atoms with Gasteiger partial charge in [0.25, 0.3) is 0 Å². The van der Waals surface area contributed by atoms with Crippen LogP contribution >= 0.6 is 11.6 Å². The van der Waals surface area contributed by atoms with E-state index in [0.29, 0.717) is 27.3 Å². The van der Waals surface area contributed by atoms with Gasteiger partial charge in [0.1, 0.15) is 17.1 Å². The molecule has 6 heteroatoms. The molecular formula is C21H17ClN4O. The molecule has 1 unspecified atom stereocenters. The molecule has 0 bridgehead atoms. The largest absolute Gasteiger partial charge is 0.505 e. The van der Waals surface area contributed by atoms with Gasteiger partial charge in [-0.05, 0) is 54.4 Å². The molecule has 0 aliphatic heterocycles. The van der Waals surface area contributed by atoms with Crippen molar-refractivity contribution < 1.29 is 5.11 Å². The van der Waals surface area contributed by atoms with Crippen molar-refractivity contribution >= 4 is 28.3 Å². The van der Waals surface area contributed by atoms with Crippen LogP contribution in [0.2, 0.25) is 5.02 Å². The minimum absolute atomic E-state index is 0.0870. The van der Waals surface area contributed by atoms with E-state index in [0.717, 1.165) is 11.1 Å². The lowest BCUT2D eigenvalue weighted by Gasteiger charge is -2.22. The number of pyridine rings is 3. The Morgan fingerprint density at radius 1 is 1.04 bits per heavy atom. The molecule has 1 aromatic carbocycles. The van der Waals surface area contributed by atoms with E-state index < -0.39 is 6.04 Å². The van der Waals surface area contributed by atoms with Gasteiger partial charge in [-0.2, -0.15) is 0 Å². The van der Waals surface area contributed by atoms with Crippen molar-refractivity contribution in [3.63, 3.8) is 0 Å². The number of aromatic nitrogens is 3. The van der Waals surface area contributed by atoms with Crippen LogP contribution in [0.25, 0.3) is 10.9 Å². The lowest BCUT2D eigenvalue weighted by Crippen LogP contribution is -2.14. The summed E-state index contributed by atoms with van der Waals surface area (Å²) in [6, 6.07) is 12.7. The Balaban J connectivity index is 1.89. The maximum Gasteiger partial charge on any atom is 0.147 e. The topological polar surface area (TPSA) is 70.9 Å². The van der Waals surface area contributed by atoms with E-state index in [2.05, 4.69) is 20.3 Å². The molecule has 0 amide bonds. The third kappa shape index (κ3) is 3.41. The zero-order valence-electron chi connectivity index (χ0n) is 14.6. The summed E-state index contributed by atoms with van der Waals surface area (Å²) in [5, 5.41) is 15.6. The van der Waals surface area contributed by atoms with Gasteiger partial charge in [0.2, 0.25) is 0 Å². The van der Waals surface area contributed by atoms with E-state index in [1.165, 1.54) is 0 Å². The number of anilines is 1. The smallest absolute Gasteiger partial charge is 0.147 e. The molecule has 0 saturated heterocycles. The zero-order valence-corrected chi connectivity index (χ0v) is 15.4. The number of hydrogen-bond donors (Lipinski definition) is 2. The lowest BCUT2D eigenvalue weighted by molar-refractivity contribution is 0.471. The molecular weight excluding hydrogens is 360 g/mol. The van der Waals surface area contributed by atoms with Crippen molar-refractivity contribution in [1.29, 1.82) is 0 Å². The Morgan fingerprint density at radius 2 is 1.89 bits per heavy atom. The Kier molecular flexibility index (Phi) is 4.60. The molecule has 134 valence electrons. The molecule has 0 fully saturated rings. The van der Waals surface area contributed by atoms with Gasteiger partial charge in [-0.1, -0.05) is 17.7 Å². The number of nitrogens with zero attached hydrogens (tertiary/aromatic N) is 3. The molecule has 2 N–H and O–H groups in total. The molecule has 0 saturated carbocycles. The number of fused-ring (bicyclic) bond motifs is 1. The highest BCUT2D eigenvalue weighted by atomic mass is 35.5. The number of halogens is 1. The van der Waals surface area contributed by atoms with E-state index in [9.17, 15) is 5.11 Å². The van der Waals surface area contributed by atoms with Crippen LogP contribution in [0.4, 0.5) is 5.82 Å². The fourth-order valence-corrected chi connectivity index (χ4v) is 3.35. The third-order valence-corrected chi connectivity index (χ3v) is 4.69. The summed E-state index contributed by atoms with van der Waals surface area (Å²) in [6.07, 6.45) is 6.84. The van der Waals surface area contributed by atoms with Crippen LogP contribution in [0.3, 0.4) is 0 Å². The first-order valence-electron chi connectivity index (χ1n) is 8.48. The summed E-state index contributed by atoms with van der Waals surface area (Å²) in [6.45, 7) is 2.00. The molecule has 0 aliphatic rings. The van der Waals surface area contributed by atoms with Crippen molar-refractivity contribution in [2.45, 2.75) is 13.0 Å². The number of rotatable bonds is 4. The van der Waals surface area contributed by atoms with Gasteiger partial charge < -0.3 is 10.4 Å². The molecule has 0 spiro atoms. The number of benzene rings is 1. The minimum Gasteiger partial charge on any atom is -0.505 e. The molecule has 1 atom stereocenters. The Bertz CT molecular complexity index is 1100. The monoisotopic (exact) mass is 376 g/mol. The summed E-state index contributed by atoms with van der Waals surface area (Å²) in [5.74, 6) is 0.782. The van der Waals surface area contributed by atoms with Crippen LogP contribution < -0.4 is 5.32 Å². The van der Waals surface area contributed by atoms with E-state index in [-0.39, 0.29) is 5.75 Å². The zero-order chi connectivity index (χ0) is 18.8. The van der Waals surface area contributed by atoms with Crippen molar-refractivity contribution in [3.8, 4) is 5.75 Å². The average molecular weight is 377 g/mol. The van der Waals surface area contributed by atoms with Crippen LogP contribution in [0.5, 0.6) is 5.75 Å². The first-order valence-corrected chi connectivity index (χ1v) is 8.86. The van der Waals surface area contributed by atoms with Gasteiger partial charge in [-0.25, -0.2) is 4.98 Å². The molecule has 0 aliphatic carbocycles. The number of phenols is 1. The van der Waals surface area contributed by atoms with Crippen molar-refractivity contribution in [1.82, 2.24) is 15.0 Å². The lowest BCUT2D eigenvalue weighted by atomic mass is 9.97. The maximum atomic E-state index is 10.9. The highest BCUT2D eigenvalue weighted by molar-refractivity contribution is 6.35. The van der Waals surface area contributed by atoms with Crippen LogP contribution in [0, 0.1) is 6.92 Å². The first kappa shape index (κ1) is 17.2. The van der Waals surface area contributed by atoms with Crippen molar-refractivity contribution in [2.75, 3.05) is 5.32 Å². The summed E-state index contributed by atoms with van der Waals surface area (Å²) < 4.78 is 0. The predicted octanol–water partition coefficient (Wildman–Crippen LogP) is 4.89. The number of phenolic OH excluding ortho intramolecular Hbond substituents is 1. The molecule has 4 aromatic rings. The average Bonchev–Trinajstić information content (AvgIpc) is 2.70. The van der Waals surface area contributed by atoms with Crippen molar-refractivity contribution in [3.05, 3.63) is 89.0 Å². The second-order valence-electron chi connectivity index (χ2n) is 6.28. The molecule has 5 nitrogen and oxygen atoms in total. The highest BCUT2D eigenvalue weighted by Crippen LogP contribution is 2.39. The van der Waals surface area contributed by atoms with Gasteiger partial charge in [0, 0.05) is 35.7 Å². The molecule has 3 heterocycles. The van der Waals surface area contributed by atoms with Gasteiger partial charge in [-0.15, -0.1) is 0 Å². The Morgan fingerprint density at radius 3 is 2.67 bits per heavy atom. The molecule has 0 radical (unpaired) electrons. The summed E-state index contributed by atoms with van der Waals surface area (Å²) in [7, 11) is 0. The van der Waals surface area contributed by atoms with Crippen LogP contribution in [0.15, 0.2) is 67.3 Å². The normalized spacial score (nSPS) is 12.1. The quantitative estimate of drug-likeness (QED) is 0.530. The number of aryl methyl sites for hydroxylation is 1. The van der Waals surface area contributed by atoms with Crippen LogP contribution in [0.1, 0.15) is 22.7 Å². The fraction of sp³-hybridized carbons (Fsp3) is 0.0952. The summed E-state index contributed by atoms with van der Waals surface area (Å²) in [4.78, 5) is 12.9. The van der Waals surface area contributed by atoms with Crippen LogP contribution in [-0.4, -0.2) is 20.1 Å². The third-order valence-electron chi connectivity index (χ3n) is 4.38. The van der Waals surface area contributed by atoms with Gasteiger partial charge in [0.15, 0.2) is 0 Å². The predicted molar refractivity (Wildman–Crippen MR) is 107 cm³/mol. The van der Waals surface area contributed by atoms with Gasteiger partial charge >= 0.3 is 0 Å². The second kappa shape index (κ2) is 7.21. The number of nitrogens with one attached hydrogen (secondary N) is 1. The standard InChI is InChI=1S/C21H17ClN4O/c1-13-6-9-24-18(10-13)26-19(14-4-2-7-23-12-14)16-11-17(22)15-5-3-8-25-20(15)21(16)27/h2-12,19,27H,1H3,(H,24,26). The van der Waals surface area contributed by atoms with E-state index in [4.69, 9.17) is 11.6 Å². The summed E-state index contributed by atoms with van der Waals surface area (Å²) >= 11 is 6.48. The van der Waals surface area contributed by atoms with Crippen molar-refractivity contribution in [2.24, 2.45) is 0 Å². The number of hydrogen-bond acceptors (Lipinski definition) is 5. The Labute approximate surface area is 161 Å². The number of aromatic hydroxyl groups is 1. The van der Waals surface area contributed by atoms with Gasteiger partial charge in [0.05, 0.1) is 11.1 Å². The summed E-state index contributed by atoms with van der Waals surface area (Å²) in [5.41, 5.74) is 3.04. The van der Waals surface area contributed by atoms with Crippen LogP contribution in [-0.2, 0) is 0 Å².